The number of carbonyl (C=O) groups excluding carboxylic acids is 4. The van der Waals surface area contributed by atoms with E-state index in [4.69, 9.17) is 16.6 Å². The van der Waals surface area contributed by atoms with Crippen molar-refractivity contribution in [1.82, 2.24) is 20.9 Å². The topological polar surface area (TPSA) is 267 Å². The van der Waals surface area contributed by atoms with Gasteiger partial charge in [0.15, 0.2) is 0 Å². The Kier molecular flexibility index (Phi) is 11.4. The van der Waals surface area contributed by atoms with Crippen LogP contribution in [0.3, 0.4) is 0 Å². The first-order valence-electron chi connectivity index (χ1n) is 13.6. The van der Waals surface area contributed by atoms with E-state index in [2.05, 4.69) is 20.9 Å². The van der Waals surface area contributed by atoms with E-state index in [1.165, 1.54) is 24.3 Å². The van der Waals surface area contributed by atoms with Crippen molar-refractivity contribution >= 4 is 46.5 Å². The first-order valence-corrected chi connectivity index (χ1v) is 13.6. The van der Waals surface area contributed by atoms with Crippen LogP contribution in [0.25, 0.3) is 10.9 Å². The maximum Gasteiger partial charge on any atom is 0.326 e. The molecule has 4 amide bonds. The van der Waals surface area contributed by atoms with Crippen LogP contribution in [0.4, 0.5) is 0 Å². The number of aromatic hydroxyl groups is 1. The summed E-state index contributed by atoms with van der Waals surface area (Å²) >= 11 is 0. The maximum atomic E-state index is 13.5. The molecule has 0 saturated carbocycles. The quantitative estimate of drug-likeness (QED) is 0.0980. The van der Waals surface area contributed by atoms with E-state index in [1.807, 2.05) is 0 Å². The third-order valence-electron chi connectivity index (χ3n) is 6.77. The number of fused-ring (bicyclic) bond motifs is 1. The molecule has 1 heterocycles. The van der Waals surface area contributed by atoms with E-state index in [-0.39, 0.29) is 25.0 Å². The molecule has 1 aromatic heterocycles. The summed E-state index contributed by atoms with van der Waals surface area (Å²) in [5.74, 6) is -6.27. The second-order valence-corrected chi connectivity index (χ2v) is 10.2. The maximum absolute atomic E-state index is 13.5. The van der Waals surface area contributed by atoms with Gasteiger partial charge in [-0.2, -0.15) is 0 Å². The minimum absolute atomic E-state index is 0.0217. The van der Waals surface area contributed by atoms with Crippen molar-refractivity contribution in [2.24, 2.45) is 11.5 Å². The summed E-state index contributed by atoms with van der Waals surface area (Å²) in [6.07, 6.45) is 0.0696. The molecule has 0 aliphatic rings. The van der Waals surface area contributed by atoms with Crippen LogP contribution in [-0.2, 0) is 41.6 Å². The van der Waals surface area contributed by atoms with Gasteiger partial charge < -0.3 is 47.7 Å². The van der Waals surface area contributed by atoms with Gasteiger partial charge in [-0.05, 0) is 35.7 Å². The number of para-hydroxylation sites is 1. The van der Waals surface area contributed by atoms with Gasteiger partial charge in [0.05, 0.1) is 12.5 Å². The van der Waals surface area contributed by atoms with Gasteiger partial charge in [0.2, 0.25) is 23.6 Å². The molecule has 0 fully saturated rings. The smallest absolute Gasteiger partial charge is 0.326 e. The summed E-state index contributed by atoms with van der Waals surface area (Å²) in [7, 11) is 0. The minimum atomic E-state index is -1.57. The van der Waals surface area contributed by atoms with Crippen LogP contribution in [0.5, 0.6) is 5.75 Å². The zero-order chi connectivity index (χ0) is 32.4. The number of amides is 4. The van der Waals surface area contributed by atoms with E-state index in [1.54, 1.807) is 30.5 Å². The molecule has 4 atom stereocenters. The van der Waals surface area contributed by atoms with Crippen molar-refractivity contribution in [1.29, 1.82) is 0 Å². The van der Waals surface area contributed by atoms with Crippen molar-refractivity contribution < 1.29 is 44.1 Å². The molecule has 0 aliphatic heterocycles. The molecule has 15 heteroatoms. The number of nitrogens with two attached hydrogens (primary N) is 2. The summed E-state index contributed by atoms with van der Waals surface area (Å²) < 4.78 is 0. The zero-order valence-corrected chi connectivity index (χ0v) is 23.5. The number of phenols is 1. The van der Waals surface area contributed by atoms with Crippen LogP contribution in [0.1, 0.15) is 30.4 Å². The van der Waals surface area contributed by atoms with Gasteiger partial charge in [0, 0.05) is 36.4 Å². The number of aliphatic carboxylic acids is 2. The molecular weight excluding hydrogens is 576 g/mol. The van der Waals surface area contributed by atoms with E-state index in [9.17, 15) is 39.0 Å². The van der Waals surface area contributed by atoms with Crippen LogP contribution < -0.4 is 27.4 Å². The van der Waals surface area contributed by atoms with E-state index in [0.717, 1.165) is 10.9 Å². The third-order valence-corrected chi connectivity index (χ3v) is 6.77. The van der Waals surface area contributed by atoms with Crippen LogP contribution in [0, 0.1) is 0 Å². The zero-order valence-electron chi connectivity index (χ0n) is 23.5. The Bertz CT molecular complexity index is 1520. The Morgan fingerprint density at radius 1 is 0.795 bits per heavy atom. The summed E-state index contributed by atoms with van der Waals surface area (Å²) in [5, 5.41) is 36.1. The summed E-state index contributed by atoms with van der Waals surface area (Å²) in [6, 6.07) is 7.24. The van der Waals surface area contributed by atoms with E-state index < -0.39 is 72.6 Å². The second-order valence-electron chi connectivity index (χ2n) is 10.2. The van der Waals surface area contributed by atoms with Crippen LogP contribution in [-0.4, -0.2) is 80.0 Å². The number of carbonyl (C=O) groups is 6. The summed E-state index contributed by atoms with van der Waals surface area (Å²) in [4.78, 5) is 77.1. The number of aromatic nitrogens is 1. The number of nitrogens with one attached hydrogen (secondary N) is 4. The number of carboxylic acids is 2. The van der Waals surface area contributed by atoms with E-state index >= 15 is 0 Å². The Morgan fingerprint density at radius 3 is 2.05 bits per heavy atom. The minimum Gasteiger partial charge on any atom is -0.508 e. The second kappa shape index (κ2) is 15.2. The van der Waals surface area contributed by atoms with Crippen LogP contribution in [0.15, 0.2) is 54.7 Å². The highest BCUT2D eigenvalue weighted by Crippen LogP contribution is 2.20. The highest BCUT2D eigenvalue weighted by atomic mass is 16.4. The lowest BCUT2D eigenvalue weighted by Crippen LogP contribution is -2.58. The third kappa shape index (κ3) is 9.55. The number of primary amides is 1. The van der Waals surface area contributed by atoms with Crippen LogP contribution in [0.2, 0.25) is 0 Å². The van der Waals surface area contributed by atoms with Gasteiger partial charge >= 0.3 is 11.9 Å². The normalized spacial score (nSPS) is 13.7. The average molecular weight is 611 g/mol. The van der Waals surface area contributed by atoms with Gasteiger partial charge in [0.1, 0.15) is 23.9 Å². The fourth-order valence-corrected chi connectivity index (χ4v) is 4.44. The molecule has 0 saturated heterocycles. The summed E-state index contributed by atoms with van der Waals surface area (Å²) in [5.41, 5.74) is 12.9. The first kappa shape index (κ1) is 33.1. The lowest BCUT2D eigenvalue weighted by Gasteiger charge is -2.25. The molecule has 0 radical (unpaired) electrons. The molecule has 0 aliphatic carbocycles. The van der Waals surface area contributed by atoms with Gasteiger partial charge in [0.25, 0.3) is 0 Å². The Balaban J connectivity index is 1.85. The first-order chi connectivity index (χ1) is 20.8. The van der Waals surface area contributed by atoms with Crippen molar-refractivity contribution in [2.45, 2.75) is 56.3 Å². The number of rotatable bonds is 16. The Hall–Kier alpha value is -5.44. The van der Waals surface area contributed by atoms with Gasteiger partial charge in [-0.25, -0.2) is 4.79 Å². The van der Waals surface area contributed by atoms with Crippen molar-refractivity contribution in [2.75, 3.05) is 0 Å². The van der Waals surface area contributed by atoms with Crippen molar-refractivity contribution in [3.05, 3.63) is 65.9 Å². The monoisotopic (exact) mass is 610 g/mol. The molecule has 4 unspecified atom stereocenters. The Morgan fingerprint density at radius 2 is 1.41 bits per heavy atom. The highest BCUT2D eigenvalue weighted by molar-refractivity contribution is 5.96. The van der Waals surface area contributed by atoms with Crippen molar-refractivity contribution in [3.63, 3.8) is 0 Å². The standard InChI is InChI=1S/C29H34N6O9/c30-19(9-10-25(38)39)26(40)33-22(13-24(31)37)28(42)34-21(12-16-14-32-20-4-2-1-3-18(16)20)27(41)35-23(29(43)44)11-15-5-7-17(36)8-6-15/h1-8,14,19,21-23,32,36H,9-13,30H2,(H2,31,37)(H,33,40)(H,34,42)(H,35,41)(H,38,39)(H,43,44). The predicted molar refractivity (Wildman–Crippen MR) is 156 cm³/mol. The number of hydrogen-bond donors (Lipinski definition) is 9. The molecule has 0 bridgehead atoms. The van der Waals surface area contributed by atoms with Crippen molar-refractivity contribution in [3.8, 4) is 5.75 Å². The number of phenolic OH excluding ortho intramolecular Hbond substituents is 1. The summed E-state index contributed by atoms with van der Waals surface area (Å²) in [6.45, 7) is 0. The number of aromatic amines is 1. The number of carboxylic acid groups (broad SMARTS) is 2. The molecule has 2 aromatic carbocycles. The molecule has 44 heavy (non-hydrogen) atoms. The SMILES string of the molecule is NC(=O)CC(NC(=O)C(N)CCC(=O)O)C(=O)NC(Cc1c[nH]c2ccccc12)C(=O)NC(Cc1ccc(O)cc1)C(=O)O. The lowest BCUT2D eigenvalue weighted by molar-refractivity contribution is -0.142. The molecule has 15 nitrogen and oxygen atoms in total. The predicted octanol–water partition coefficient (Wildman–Crippen LogP) is -0.735. The van der Waals surface area contributed by atoms with E-state index in [0.29, 0.717) is 11.1 Å². The number of hydrogen-bond acceptors (Lipinski definition) is 8. The number of benzene rings is 2. The molecule has 11 N–H and O–H groups in total. The van der Waals surface area contributed by atoms with Gasteiger partial charge in [-0.3, -0.25) is 24.0 Å². The molecule has 3 rings (SSSR count). The Labute approximate surface area is 251 Å². The largest absolute Gasteiger partial charge is 0.508 e. The molecule has 3 aromatic rings. The highest BCUT2D eigenvalue weighted by Gasteiger charge is 2.32. The van der Waals surface area contributed by atoms with Gasteiger partial charge in [-0.1, -0.05) is 30.3 Å². The molecular formula is C29H34N6O9. The molecule has 234 valence electrons. The fourth-order valence-electron chi connectivity index (χ4n) is 4.44. The van der Waals surface area contributed by atoms with Crippen LogP contribution >= 0.6 is 0 Å². The van der Waals surface area contributed by atoms with Gasteiger partial charge in [-0.15, -0.1) is 0 Å². The fraction of sp³-hybridized carbons (Fsp3) is 0.310. The lowest BCUT2D eigenvalue weighted by atomic mass is 10.0. The average Bonchev–Trinajstić information content (AvgIpc) is 3.38. The number of H-pyrrole nitrogens is 1. The molecule has 0 spiro atoms.